The average molecular weight is 418 g/mol. The predicted molar refractivity (Wildman–Crippen MR) is 118 cm³/mol. The molecule has 0 heterocycles. The van der Waals surface area contributed by atoms with Crippen LogP contribution in [0.15, 0.2) is 42.5 Å². The Bertz CT molecular complexity index is 1010. The molecule has 0 spiro atoms. The minimum absolute atomic E-state index is 0.135. The molecule has 0 N–H and O–H groups in total. The van der Waals surface area contributed by atoms with E-state index in [1.165, 1.54) is 20.0 Å². The summed E-state index contributed by atoms with van der Waals surface area (Å²) in [6.45, 7) is 0. The lowest BCUT2D eigenvalue weighted by molar-refractivity contribution is -0.140. The minimum Gasteiger partial charge on any atom is -0.493 e. The van der Waals surface area contributed by atoms with Crippen LogP contribution in [0.3, 0.4) is 0 Å². The maximum Gasteiger partial charge on any atom is 0.307 e. The van der Waals surface area contributed by atoms with Gasteiger partial charge in [0.15, 0.2) is 11.5 Å². The largest absolute Gasteiger partial charge is 0.493 e. The molecule has 1 fully saturated rings. The summed E-state index contributed by atoms with van der Waals surface area (Å²) in [6.07, 6.45) is 5.09. The molecule has 0 saturated heterocycles. The van der Waals surface area contributed by atoms with Gasteiger partial charge in [0.2, 0.25) is 0 Å². The smallest absolute Gasteiger partial charge is 0.307 e. The van der Waals surface area contributed by atoms with Crippen molar-refractivity contribution in [2.24, 2.45) is 0 Å². The van der Waals surface area contributed by atoms with Crippen LogP contribution >= 0.6 is 0 Å². The Morgan fingerprint density at radius 3 is 2.65 bits per heavy atom. The Morgan fingerprint density at radius 2 is 1.94 bits per heavy atom. The van der Waals surface area contributed by atoms with Gasteiger partial charge in [-0.25, -0.2) is 0 Å². The fraction of sp³-hybridized carbons (Fsp3) is 0.385. The highest BCUT2D eigenvalue weighted by Crippen LogP contribution is 2.35. The molecule has 160 valence electrons. The van der Waals surface area contributed by atoms with Crippen LogP contribution in [0, 0.1) is 23.2 Å². The summed E-state index contributed by atoms with van der Waals surface area (Å²) in [5.74, 6) is 7.03. The summed E-state index contributed by atoms with van der Waals surface area (Å²) in [6, 6.07) is 15.4. The lowest BCUT2D eigenvalue weighted by Gasteiger charge is -2.18. The Hall–Kier alpha value is -3.44. The third kappa shape index (κ3) is 6.27. The molecular formula is C26H27NO4. The number of hydrogen-bond donors (Lipinski definition) is 0. The maximum absolute atomic E-state index is 12.1. The van der Waals surface area contributed by atoms with Crippen LogP contribution in [0.5, 0.6) is 11.5 Å². The van der Waals surface area contributed by atoms with Gasteiger partial charge < -0.3 is 14.2 Å². The molecule has 0 bridgehead atoms. The van der Waals surface area contributed by atoms with E-state index in [0.717, 1.165) is 29.5 Å². The summed E-state index contributed by atoms with van der Waals surface area (Å²) in [7, 11) is 3.00. The lowest BCUT2D eigenvalue weighted by atomic mass is 9.95. The van der Waals surface area contributed by atoms with Crippen LogP contribution in [0.2, 0.25) is 0 Å². The van der Waals surface area contributed by atoms with Crippen molar-refractivity contribution in [1.82, 2.24) is 0 Å². The molecule has 2 aromatic rings. The molecule has 1 saturated carbocycles. The summed E-state index contributed by atoms with van der Waals surface area (Å²) < 4.78 is 16.6. The molecule has 0 aliphatic heterocycles. The Balaban J connectivity index is 1.90. The molecule has 0 aromatic heterocycles. The van der Waals surface area contributed by atoms with Crippen molar-refractivity contribution in [2.45, 2.75) is 50.5 Å². The third-order valence-corrected chi connectivity index (χ3v) is 5.39. The second kappa shape index (κ2) is 11.1. The number of carbonyl (C=O) groups excluding carboxylic acids is 1. The molecule has 1 aliphatic carbocycles. The zero-order valence-electron chi connectivity index (χ0n) is 18.0. The van der Waals surface area contributed by atoms with Crippen molar-refractivity contribution in [2.75, 3.05) is 14.2 Å². The van der Waals surface area contributed by atoms with E-state index >= 15 is 0 Å². The number of carbonyl (C=O) groups is 1. The van der Waals surface area contributed by atoms with Gasteiger partial charge in [0.25, 0.3) is 0 Å². The highest BCUT2D eigenvalue weighted by molar-refractivity contribution is 5.71. The number of hydrogen-bond acceptors (Lipinski definition) is 5. The van der Waals surface area contributed by atoms with Crippen molar-refractivity contribution >= 4 is 5.97 Å². The molecule has 5 nitrogen and oxygen atoms in total. The van der Waals surface area contributed by atoms with Gasteiger partial charge in [-0.15, -0.1) is 0 Å². The summed E-state index contributed by atoms with van der Waals surface area (Å²) in [4.78, 5) is 12.1. The first-order valence-corrected chi connectivity index (χ1v) is 10.5. The molecular weight excluding hydrogens is 390 g/mol. The van der Waals surface area contributed by atoms with E-state index in [0.29, 0.717) is 17.9 Å². The van der Waals surface area contributed by atoms with E-state index in [9.17, 15) is 4.79 Å². The quantitative estimate of drug-likeness (QED) is 0.479. The van der Waals surface area contributed by atoms with E-state index in [1.54, 1.807) is 7.11 Å². The van der Waals surface area contributed by atoms with Crippen molar-refractivity contribution in [3.63, 3.8) is 0 Å². The fourth-order valence-corrected chi connectivity index (χ4v) is 3.71. The SMILES string of the molecule is COC(=O)C[C@@H](C#Cc1cccc(CC#N)c1)c1ccc(OC)c(OC2CCCC2)c1. The monoisotopic (exact) mass is 417 g/mol. The van der Waals surface area contributed by atoms with Gasteiger partial charge in [0, 0.05) is 5.56 Å². The maximum atomic E-state index is 12.1. The Morgan fingerprint density at radius 1 is 1.13 bits per heavy atom. The average Bonchev–Trinajstić information content (AvgIpc) is 3.30. The van der Waals surface area contributed by atoms with Gasteiger partial charge in [-0.05, 0) is 61.1 Å². The third-order valence-electron chi connectivity index (χ3n) is 5.39. The van der Waals surface area contributed by atoms with Gasteiger partial charge in [-0.2, -0.15) is 5.26 Å². The van der Waals surface area contributed by atoms with E-state index in [4.69, 9.17) is 19.5 Å². The molecule has 31 heavy (non-hydrogen) atoms. The molecule has 5 heteroatoms. The molecule has 0 amide bonds. The standard InChI is InChI=1S/C26H27NO4/c1-29-24-13-12-21(17-25(24)31-23-8-3-4-9-23)22(18-26(28)30-2)11-10-19-6-5-7-20(16-19)14-15-27/h5-7,12-13,16-17,22-23H,3-4,8-9,14,18H2,1-2H3/t22-/m1/s1. The van der Waals surface area contributed by atoms with Crippen LogP contribution in [0.4, 0.5) is 0 Å². The van der Waals surface area contributed by atoms with Crippen molar-refractivity contribution in [1.29, 1.82) is 5.26 Å². The Kier molecular flexibility index (Phi) is 7.96. The van der Waals surface area contributed by atoms with Crippen molar-refractivity contribution in [3.8, 4) is 29.4 Å². The molecule has 0 unspecified atom stereocenters. The number of nitriles is 1. The van der Waals surface area contributed by atoms with E-state index < -0.39 is 0 Å². The fourth-order valence-electron chi connectivity index (χ4n) is 3.71. The number of rotatable bonds is 7. The minimum atomic E-state index is -0.357. The Labute approximate surface area is 183 Å². The summed E-state index contributed by atoms with van der Waals surface area (Å²) >= 11 is 0. The zero-order chi connectivity index (χ0) is 22.1. The van der Waals surface area contributed by atoms with E-state index in [1.807, 2.05) is 42.5 Å². The van der Waals surface area contributed by atoms with Gasteiger partial charge in [0.05, 0.1) is 45.2 Å². The number of esters is 1. The van der Waals surface area contributed by atoms with Crippen LogP contribution in [-0.4, -0.2) is 26.3 Å². The zero-order valence-corrected chi connectivity index (χ0v) is 18.0. The normalized spacial score (nSPS) is 14.1. The topological polar surface area (TPSA) is 68.6 Å². The van der Waals surface area contributed by atoms with Gasteiger partial charge in [-0.3, -0.25) is 4.79 Å². The highest BCUT2D eigenvalue weighted by Gasteiger charge is 2.21. The number of ether oxygens (including phenoxy) is 3. The molecule has 2 aromatic carbocycles. The van der Waals surface area contributed by atoms with Crippen LogP contribution in [0.25, 0.3) is 0 Å². The molecule has 3 rings (SSSR count). The van der Waals surface area contributed by atoms with E-state index in [-0.39, 0.29) is 24.4 Å². The van der Waals surface area contributed by atoms with Crippen LogP contribution < -0.4 is 9.47 Å². The second-order valence-corrected chi connectivity index (χ2v) is 7.57. The second-order valence-electron chi connectivity index (χ2n) is 7.57. The molecule has 1 aliphatic rings. The predicted octanol–water partition coefficient (Wildman–Crippen LogP) is 4.78. The first kappa shape index (κ1) is 22.2. The number of nitrogens with zero attached hydrogens (tertiary/aromatic N) is 1. The summed E-state index contributed by atoms with van der Waals surface area (Å²) in [5, 5.41) is 8.91. The van der Waals surface area contributed by atoms with Gasteiger partial charge >= 0.3 is 5.97 Å². The number of methoxy groups -OCH3 is 2. The van der Waals surface area contributed by atoms with Crippen LogP contribution in [0.1, 0.15) is 54.7 Å². The first-order chi connectivity index (χ1) is 15.1. The molecule has 0 radical (unpaired) electrons. The van der Waals surface area contributed by atoms with Crippen molar-refractivity contribution < 1.29 is 19.0 Å². The van der Waals surface area contributed by atoms with Gasteiger partial charge in [0.1, 0.15) is 0 Å². The lowest BCUT2D eigenvalue weighted by Crippen LogP contribution is -2.12. The highest BCUT2D eigenvalue weighted by atomic mass is 16.5. The first-order valence-electron chi connectivity index (χ1n) is 10.5. The number of benzene rings is 2. The van der Waals surface area contributed by atoms with E-state index in [2.05, 4.69) is 17.9 Å². The van der Waals surface area contributed by atoms with Gasteiger partial charge in [-0.1, -0.05) is 30.0 Å². The summed E-state index contributed by atoms with van der Waals surface area (Å²) in [5.41, 5.74) is 2.59. The molecule has 1 atom stereocenters. The van der Waals surface area contributed by atoms with Crippen molar-refractivity contribution in [3.05, 3.63) is 59.2 Å². The van der Waals surface area contributed by atoms with Crippen LogP contribution in [-0.2, 0) is 16.0 Å².